The summed E-state index contributed by atoms with van der Waals surface area (Å²) in [7, 11) is 4.40. The molecule has 2 fully saturated rings. The first-order valence-corrected chi connectivity index (χ1v) is 15.7. The monoisotopic (exact) mass is 625 g/mol. The first-order valence-electron chi connectivity index (χ1n) is 15.7. The van der Waals surface area contributed by atoms with Gasteiger partial charge in [0.1, 0.15) is 5.75 Å². The number of aromatic nitrogens is 3. The van der Waals surface area contributed by atoms with E-state index in [1.165, 1.54) is 40.4 Å². The van der Waals surface area contributed by atoms with Crippen molar-refractivity contribution in [2.45, 2.75) is 57.3 Å². The summed E-state index contributed by atoms with van der Waals surface area (Å²) in [5, 5.41) is 4.06. The van der Waals surface area contributed by atoms with Gasteiger partial charge in [-0.15, -0.1) is 0 Å². The number of nitrogens with two attached hydrogens (primary N) is 1. The Morgan fingerprint density at radius 3 is 2.35 bits per heavy atom. The molecule has 0 aliphatic heterocycles. The van der Waals surface area contributed by atoms with Crippen molar-refractivity contribution in [1.29, 1.82) is 0 Å². The fraction of sp³-hybridized carbons (Fsp3) is 0.400. The molecule has 4 aromatic rings. The summed E-state index contributed by atoms with van der Waals surface area (Å²) in [5.74, 6) is 0.603. The second kappa shape index (κ2) is 13.6. The Balaban J connectivity index is 1.51. The Morgan fingerprint density at radius 2 is 1.65 bits per heavy atom. The molecule has 0 radical (unpaired) electrons. The number of methoxy groups -OCH3 is 3. The van der Waals surface area contributed by atoms with Crippen molar-refractivity contribution in [2.75, 3.05) is 33.3 Å². The third-order valence-corrected chi connectivity index (χ3v) is 9.05. The molecule has 11 nitrogen and oxygen atoms in total. The third kappa shape index (κ3) is 6.40. The number of nitrogens with one attached hydrogen (secondary N) is 1. The maximum Gasteiger partial charge on any atom is 0.337 e. The van der Waals surface area contributed by atoms with Crippen LogP contribution in [0, 0.1) is 5.92 Å². The van der Waals surface area contributed by atoms with Gasteiger partial charge in [0.25, 0.3) is 5.91 Å². The third-order valence-electron chi connectivity index (χ3n) is 9.05. The predicted molar refractivity (Wildman–Crippen MR) is 174 cm³/mol. The molecule has 1 amide bonds. The van der Waals surface area contributed by atoms with Gasteiger partial charge < -0.3 is 30.0 Å². The Kier molecular flexibility index (Phi) is 9.18. The minimum absolute atomic E-state index is 0.177. The van der Waals surface area contributed by atoms with Gasteiger partial charge in [-0.3, -0.25) is 9.78 Å². The molecule has 2 heterocycles. The first-order chi connectivity index (χ1) is 22.4. The highest BCUT2D eigenvalue weighted by Crippen LogP contribution is 2.42. The van der Waals surface area contributed by atoms with Gasteiger partial charge in [0.15, 0.2) is 0 Å². The van der Waals surface area contributed by atoms with E-state index in [0.29, 0.717) is 69.0 Å². The number of hydrogen-bond acceptors (Lipinski definition) is 10. The lowest BCUT2D eigenvalue weighted by Crippen LogP contribution is -2.15. The topological polar surface area (TPSA) is 148 Å². The van der Waals surface area contributed by atoms with Crippen molar-refractivity contribution >= 4 is 34.2 Å². The number of rotatable bonds is 11. The number of anilines is 2. The van der Waals surface area contributed by atoms with E-state index in [-0.39, 0.29) is 11.6 Å². The zero-order valence-electron chi connectivity index (χ0n) is 26.4. The van der Waals surface area contributed by atoms with Gasteiger partial charge in [0.05, 0.1) is 55.8 Å². The van der Waals surface area contributed by atoms with E-state index < -0.39 is 11.9 Å². The van der Waals surface area contributed by atoms with E-state index in [2.05, 4.69) is 20.3 Å². The van der Waals surface area contributed by atoms with Crippen LogP contribution in [0.4, 0.5) is 11.4 Å². The summed E-state index contributed by atoms with van der Waals surface area (Å²) < 4.78 is 22.4. The van der Waals surface area contributed by atoms with Crippen LogP contribution in [0.1, 0.15) is 83.6 Å². The number of benzene rings is 2. The molecule has 0 unspecified atom stereocenters. The predicted octanol–water partition coefficient (Wildman–Crippen LogP) is 6.56. The molecule has 2 aromatic heterocycles. The molecule has 0 bridgehead atoms. The zero-order chi connectivity index (χ0) is 32.2. The molecule has 2 aliphatic rings. The fourth-order valence-electron chi connectivity index (χ4n) is 6.64. The molecule has 46 heavy (non-hydrogen) atoms. The smallest absolute Gasteiger partial charge is 0.337 e. The summed E-state index contributed by atoms with van der Waals surface area (Å²) in [6.45, 7) is 0.537. The van der Waals surface area contributed by atoms with Gasteiger partial charge in [0, 0.05) is 29.0 Å². The van der Waals surface area contributed by atoms with E-state index in [1.807, 2.05) is 24.3 Å². The molecule has 2 aromatic carbocycles. The number of ether oxygens (including phenoxy) is 4. The summed E-state index contributed by atoms with van der Waals surface area (Å²) in [5.41, 5.74) is 10.6. The highest BCUT2D eigenvalue weighted by molar-refractivity contribution is 6.09. The molecule has 11 heteroatoms. The number of carbonyl (C=O) groups is 2. The second-order valence-corrected chi connectivity index (χ2v) is 12.0. The van der Waals surface area contributed by atoms with Gasteiger partial charge in [0.2, 0.25) is 5.88 Å². The van der Waals surface area contributed by atoms with Crippen LogP contribution in [0.3, 0.4) is 0 Å². The molecule has 0 spiro atoms. The highest BCUT2D eigenvalue weighted by atomic mass is 16.5. The van der Waals surface area contributed by atoms with Crippen LogP contribution in [0.15, 0.2) is 42.7 Å². The number of hydrogen-bond donors (Lipinski definition) is 2. The Morgan fingerprint density at radius 1 is 0.891 bits per heavy atom. The summed E-state index contributed by atoms with van der Waals surface area (Å²) in [6, 6.07) is 9.58. The molecule has 0 saturated heterocycles. The van der Waals surface area contributed by atoms with Crippen molar-refractivity contribution in [3.05, 3.63) is 59.4 Å². The normalized spacial score (nSPS) is 15.2. The number of pyridine rings is 1. The second-order valence-electron chi connectivity index (χ2n) is 12.0. The fourth-order valence-corrected chi connectivity index (χ4v) is 6.64. The molecule has 2 saturated carbocycles. The lowest BCUT2D eigenvalue weighted by Gasteiger charge is -2.20. The molecule has 6 rings (SSSR count). The molecular weight excluding hydrogens is 586 g/mol. The minimum Gasteiger partial charge on any atom is -0.493 e. The Labute approximate surface area is 267 Å². The van der Waals surface area contributed by atoms with Gasteiger partial charge in [-0.2, -0.15) is 4.98 Å². The van der Waals surface area contributed by atoms with E-state index in [4.69, 9.17) is 24.7 Å². The Bertz CT molecular complexity index is 1760. The summed E-state index contributed by atoms with van der Waals surface area (Å²) >= 11 is 0. The van der Waals surface area contributed by atoms with Crippen molar-refractivity contribution < 1.29 is 28.5 Å². The molecule has 2 aliphatic carbocycles. The van der Waals surface area contributed by atoms with Crippen LogP contribution in [-0.4, -0.2) is 54.8 Å². The SMILES string of the molecule is COC(=O)c1cc(Nc2c(C(N)=O)cnc3cc(-c4cnc(OC)nc4OC)c(OCC4CCCC4)cc23)cc(C2CCCC2)c1. The highest BCUT2D eigenvalue weighted by Gasteiger charge is 2.24. The summed E-state index contributed by atoms with van der Waals surface area (Å²) in [6.07, 6.45) is 12.1. The van der Waals surface area contributed by atoms with Gasteiger partial charge in [-0.25, -0.2) is 9.78 Å². The van der Waals surface area contributed by atoms with Crippen molar-refractivity contribution in [1.82, 2.24) is 15.0 Å². The average Bonchev–Trinajstić information content (AvgIpc) is 3.81. The lowest BCUT2D eigenvalue weighted by molar-refractivity contribution is 0.0600. The van der Waals surface area contributed by atoms with Crippen LogP contribution < -0.4 is 25.3 Å². The van der Waals surface area contributed by atoms with Gasteiger partial charge in [-0.1, -0.05) is 25.7 Å². The van der Waals surface area contributed by atoms with Gasteiger partial charge >= 0.3 is 12.0 Å². The largest absolute Gasteiger partial charge is 0.493 e. The average molecular weight is 626 g/mol. The summed E-state index contributed by atoms with van der Waals surface area (Å²) in [4.78, 5) is 38.8. The van der Waals surface area contributed by atoms with E-state index >= 15 is 0 Å². The molecular formula is C35H39N5O6. The maximum atomic E-state index is 12.8. The van der Waals surface area contributed by atoms with E-state index in [1.54, 1.807) is 12.3 Å². The standard InChI is InChI=1S/C35H39N5O6/c1-43-33-27(17-38-35(40-33)45-3)25-15-29-26(16-30(25)46-19-20-8-4-5-9-20)31(28(18-37-29)32(36)41)39-24-13-22(21-10-6-7-11-21)12-23(14-24)34(42)44-2/h12-18,20-21H,4-11,19H2,1-3H3,(H2,36,41)(H,37,39). The maximum absolute atomic E-state index is 12.8. The number of fused-ring (bicyclic) bond motifs is 1. The molecule has 0 atom stereocenters. The van der Waals surface area contributed by atoms with Gasteiger partial charge in [-0.05, 0) is 73.4 Å². The van der Waals surface area contributed by atoms with Crippen molar-refractivity contribution in [2.24, 2.45) is 11.7 Å². The van der Waals surface area contributed by atoms with Crippen LogP contribution in [0.2, 0.25) is 0 Å². The van der Waals surface area contributed by atoms with E-state index in [0.717, 1.165) is 44.1 Å². The van der Waals surface area contributed by atoms with E-state index in [9.17, 15) is 9.59 Å². The van der Waals surface area contributed by atoms with Crippen molar-refractivity contribution in [3.8, 4) is 28.8 Å². The lowest BCUT2D eigenvalue weighted by atomic mass is 9.95. The number of amides is 1. The quantitative estimate of drug-likeness (QED) is 0.175. The number of primary amides is 1. The Hall–Kier alpha value is -4.93. The molecule has 240 valence electrons. The number of nitrogens with zero attached hydrogens (tertiary/aromatic N) is 3. The first kappa shape index (κ1) is 31.1. The zero-order valence-corrected chi connectivity index (χ0v) is 26.4. The van der Waals surface area contributed by atoms with Crippen LogP contribution in [0.25, 0.3) is 22.0 Å². The van der Waals surface area contributed by atoms with Crippen molar-refractivity contribution in [3.63, 3.8) is 0 Å². The number of carbonyl (C=O) groups excluding carboxylic acids is 2. The molecule has 3 N–H and O–H groups in total. The number of esters is 1. The van der Waals surface area contributed by atoms with Crippen LogP contribution in [0.5, 0.6) is 17.6 Å². The van der Waals surface area contributed by atoms with Crippen LogP contribution >= 0.6 is 0 Å². The van der Waals surface area contributed by atoms with Crippen LogP contribution in [-0.2, 0) is 4.74 Å². The minimum atomic E-state index is -0.639.